The monoisotopic (exact) mass is 326 g/mol. The molecule has 0 amide bonds. The molecule has 0 bridgehead atoms. The lowest BCUT2D eigenvalue weighted by molar-refractivity contribution is -0.156. The minimum Gasteiger partial charge on any atom is -0.462 e. The first-order valence-electron chi connectivity index (χ1n) is 9.56. The molecule has 4 aliphatic rings. The van der Waals surface area contributed by atoms with Gasteiger partial charge < -0.3 is 9.84 Å². The van der Waals surface area contributed by atoms with Crippen LogP contribution in [0, 0.1) is 29.1 Å². The number of aryl methyl sites for hydroxylation is 1. The Kier molecular flexibility index (Phi) is 3.16. The van der Waals surface area contributed by atoms with Gasteiger partial charge in [0.2, 0.25) is 0 Å². The van der Waals surface area contributed by atoms with Crippen LogP contribution in [0.1, 0.15) is 49.7 Å². The van der Waals surface area contributed by atoms with Crippen molar-refractivity contribution in [2.24, 2.45) is 29.1 Å². The van der Waals surface area contributed by atoms with Gasteiger partial charge in [-0.2, -0.15) is 0 Å². The topological polar surface area (TPSA) is 46.5 Å². The van der Waals surface area contributed by atoms with Crippen molar-refractivity contribution >= 4 is 5.97 Å². The molecule has 7 atom stereocenters. The van der Waals surface area contributed by atoms with Gasteiger partial charge >= 0.3 is 5.97 Å². The summed E-state index contributed by atoms with van der Waals surface area (Å²) in [6.07, 6.45) is 5.40. The SMILES string of the molecule is CC1OC(=O)[C@@]23C[C@H](CO)[C@@H]4c5ccccc5CC[C@H]4[C@@H]2CC[C@@H]13. The molecule has 1 unspecified atom stereocenters. The quantitative estimate of drug-likeness (QED) is 0.806. The summed E-state index contributed by atoms with van der Waals surface area (Å²) in [4.78, 5) is 12.9. The van der Waals surface area contributed by atoms with Crippen LogP contribution in [-0.4, -0.2) is 23.8 Å². The van der Waals surface area contributed by atoms with Crippen LogP contribution in [0.5, 0.6) is 0 Å². The van der Waals surface area contributed by atoms with Crippen molar-refractivity contribution in [2.75, 3.05) is 6.61 Å². The number of ether oxygens (including phenoxy) is 1. The highest BCUT2D eigenvalue weighted by Crippen LogP contribution is 2.67. The maximum Gasteiger partial charge on any atom is 0.313 e. The summed E-state index contributed by atoms with van der Waals surface area (Å²) < 4.78 is 5.71. The third-order valence-electron chi connectivity index (χ3n) is 7.83. The minimum absolute atomic E-state index is 0.0401. The Hall–Kier alpha value is -1.35. The largest absolute Gasteiger partial charge is 0.462 e. The molecule has 3 heteroatoms. The van der Waals surface area contributed by atoms with E-state index >= 15 is 0 Å². The zero-order valence-electron chi connectivity index (χ0n) is 14.3. The van der Waals surface area contributed by atoms with Crippen LogP contribution in [-0.2, 0) is 16.0 Å². The normalized spacial score (nSPS) is 45.8. The number of hydrogen-bond acceptors (Lipinski definition) is 3. The number of cyclic esters (lactones) is 1. The highest BCUT2D eigenvalue weighted by atomic mass is 16.6. The molecule has 24 heavy (non-hydrogen) atoms. The van der Waals surface area contributed by atoms with Crippen molar-refractivity contribution in [3.8, 4) is 0 Å². The van der Waals surface area contributed by atoms with Crippen LogP contribution in [0.15, 0.2) is 24.3 Å². The summed E-state index contributed by atoms with van der Waals surface area (Å²) in [7, 11) is 0. The number of fused-ring (bicyclic) bond motifs is 4. The van der Waals surface area contributed by atoms with Crippen LogP contribution in [0.25, 0.3) is 0 Å². The van der Waals surface area contributed by atoms with E-state index in [4.69, 9.17) is 4.74 Å². The molecule has 1 aromatic rings. The van der Waals surface area contributed by atoms with E-state index in [0.29, 0.717) is 23.7 Å². The number of esters is 1. The second-order valence-electron chi connectivity index (χ2n) is 8.52. The highest BCUT2D eigenvalue weighted by Gasteiger charge is 2.68. The lowest BCUT2D eigenvalue weighted by atomic mass is 9.50. The van der Waals surface area contributed by atoms with Gasteiger partial charge in [0, 0.05) is 12.5 Å². The highest BCUT2D eigenvalue weighted by molar-refractivity contribution is 5.81. The first-order valence-corrected chi connectivity index (χ1v) is 9.56. The molecule has 3 aliphatic carbocycles. The Bertz CT molecular complexity index is 683. The van der Waals surface area contributed by atoms with Gasteiger partial charge in [0.15, 0.2) is 0 Å². The van der Waals surface area contributed by atoms with Gasteiger partial charge in [0.1, 0.15) is 6.10 Å². The third-order valence-corrected chi connectivity index (χ3v) is 7.83. The molecule has 1 aromatic carbocycles. The second-order valence-corrected chi connectivity index (χ2v) is 8.52. The predicted octanol–water partition coefficient (Wildman–Crippen LogP) is 3.30. The van der Waals surface area contributed by atoms with Gasteiger partial charge in [-0.15, -0.1) is 0 Å². The third kappa shape index (κ3) is 1.69. The number of carbonyl (C=O) groups is 1. The number of aliphatic hydroxyl groups is 1. The molecule has 3 nitrogen and oxygen atoms in total. The van der Waals surface area contributed by atoms with Crippen molar-refractivity contribution in [3.63, 3.8) is 0 Å². The molecule has 128 valence electrons. The van der Waals surface area contributed by atoms with Crippen LogP contribution in [0.4, 0.5) is 0 Å². The van der Waals surface area contributed by atoms with E-state index in [2.05, 4.69) is 31.2 Å². The van der Waals surface area contributed by atoms with E-state index in [9.17, 15) is 9.90 Å². The van der Waals surface area contributed by atoms with Crippen molar-refractivity contribution in [3.05, 3.63) is 35.4 Å². The van der Waals surface area contributed by atoms with E-state index in [0.717, 1.165) is 32.1 Å². The Labute approximate surface area is 143 Å². The van der Waals surface area contributed by atoms with Crippen LogP contribution in [0.3, 0.4) is 0 Å². The first kappa shape index (κ1) is 14.9. The lowest BCUT2D eigenvalue weighted by Crippen LogP contribution is -2.50. The fourth-order valence-corrected chi connectivity index (χ4v) is 7.06. The van der Waals surface area contributed by atoms with Crippen molar-refractivity contribution in [2.45, 2.75) is 51.0 Å². The maximum absolute atomic E-state index is 12.9. The van der Waals surface area contributed by atoms with E-state index in [1.54, 1.807) is 0 Å². The molecule has 1 saturated heterocycles. The van der Waals surface area contributed by atoms with Gasteiger partial charge in [0.05, 0.1) is 5.41 Å². The van der Waals surface area contributed by atoms with E-state index in [1.807, 2.05) is 0 Å². The summed E-state index contributed by atoms with van der Waals surface area (Å²) in [6.45, 7) is 2.24. The average molecular weight is 326 g/mol. The summed E-state index contributed by atoms with van der Waals surface area (Å²) in [5.41, 5.74) is 2.58. The fraction of sp³-hybridized carbons (Fsp3) is 0.667. The maximum atomic E-state index is 12.9. The van der Waals surface area contributed by atoms with E-state index < -0.39 is 0 Å². The molecule has 1 spiro atoms. The van der Waals surface area contributed by atoms with Gasteiger partial charge in [-0.05, 0) is 73.8 Å². The number of hydrogen-bond donors (Lipinski definition) is 1. The summed E-state index contributed by atoms with van der Waals surface area (Å²) >= 11 is 0. The summed E-state index contributed by atoms with van der Waals surface area (Å²) in [6, 6.07) is 8.75. The van der Waals surface area contributed by atoms with Crippen molar-refractivity contribution in [1.29, 1.82) is 0 Å². The number of carbonyl (C=O) groups excluding carboxylic acids is 1. The fourth-order valence-electron chi connectivity index (χ4n) is 7.06. The zero-order chi connectivity index (χ0) is 16.5. The lowest BCUT2D eigenvalue weighted by Gasteiger charge is -2.52. The van der Waals surface area contributed by atoms with Gasteiger partial charge in [0.25, 0.3) is 0 Å². The number of benzene rings is 1. The standard InChI is InChI=1S/C21H26O3/c1-12-17-8-9-18-16-7-6-13-4-2-3-5-15(13)19(16)14(11-22)10-21(17,18)20(23)24-12/h2-5,12,14,16-19,22H,6-11H2,1H3/t12?,14-,16+,17+,18+,19-,21-/m1/s1. The Morgan fingerprint density at radius 2 is 2.00 bits per heavy atom. The van der Waals surface area contributed by atoms with Crippen LogP contribution >= 0.6 is 0 Å². The average Bonchev–Trinajstić information content (AvgIpc) is 3.10. The number of aliphatic hydroxyl groups excluding tert-OH is 1. The molecule has 5 rings (SSSR count). The van der Waals surface area contributed by atoms with Crippen LogP contribution in [0.2, 0.25) is 0 Å². The molecule has 1 heterocycles. The zero-order valence-corrected chi connectivity index (χ0v) is 14.3. The second kappa shape index (κ2) is 5.08. The predicted molar refractivity (Wildman–Crippen MR) is 90.4 cm³/mol. The summed E-state index contributed by atoms with van der Waals surface area (Å²) in [5, 5.41) is 10.2. The Morgan fingerprint density at radius 1 is 1.21 bits per heavy atom. The van der Waals surface area contributed by atoms with Crippen LogP contribution < -0.4 is 0 Å². The van der Waals surface area contributed by atoms with Gasteiger partial charge in [-0.1, -0.05) is 24.3 Å². The Morgan fingerprint density at radius 3 is 2.83 bits per heavy atom. The molecular weight excluding hydrogens is 300 g/mol. The Balaban J connectivity index is 1.62. The first-order chi connectivity index (χ1) is 11.7. The van der Waals surface area contributed by atoms with Crippen molar-refractivity contribution < 1.29 is 14.6 Å². The smallest absolute Gasteiger partial charge is 0.313 e. The van der Waals surface area contributed by atoms with Gasteiger partial charge in [-0.25, -0.2) is 0 Å². The summed E-state index contributed by atoms with van der Waals surface area (Å²) in [5.74, 6) is 1.97. The van der Waals surface area contributed by atoms with E-state index in [-0.39, 0.29) is 30.0 Å². The molecule has 1 N–H and O–H groups in total. The molecule has 3 fully saturated rings. The molecule has 1 aliphatic heterocycles. The molecule has 0 radical (unpaired) electrons. The molecular formula is C21H26O3. The minimum atomic E-state index is -0.305. The number of rotatable bonds is 1. The van der Waals surface area contributed by atoms with E-state index in [1.165, 1.54) is 11.1 Å². The van der Waals surface area contributed by atoms with Crippen molar-refractivity contribution in [1.82, 2.24) is 0 Å². The molecule has 2 saturated carbocycles. The molecule has 0 aromatic heterocycles. The van der Waals surface area contributed by atoms with Gasteiger partial charge in [-0.3, -0.25) is 4.79 Å².